The molecule has 7 heteroatoms. The first-order valence-corrected chi connectivity index (χ1v) is 9.95. The van der Waals surface area contributed by atoms with Gasteiger partial charge in [0.15, 0.2) is 0 Å². The fraction of sp³-hybridized carbons (Fsp3) is 0.533. The van der Waals surface area contributed by atoms with Crippen LogP contribution in [0.4, 0.5) is 0 Å². The highest BCUT2D eigenvalue weighted by Gasteiger charge is 2.27. The Kier molecular flexibility index (Phi) is 6.28. The van der Waals surface area contributed by atoms with Crippen molar-refractivity contribution in [2.75, 3.05) is 13.1 Å². The molecule has 1 aliphatic heterocycles. The zero-order valence-electron chi connectivity index (χ0n) is 12.7. The maximum absolute atomic E-state index is 12.2. The zero-order chi connectivity index (χ0) is 16.0. The van der Waals surface area contributed by atoms with E-state index < -0.39 is 21.4 Å². The van der Waals surface area contributed by atoms with Crippen molar-refractivity contribution in [2.24, 2.45) is 0 Å². The topological polar surface area (TPSA) is 66.5 Å². The van der Waals surface area contributed by atoms with E-state index in [9.17, 15) is 13.2 Å². The van der Waals surface area contributed by atoms with Gasteiger partial charge in [-0.05, 0) is 25.3 Å². The van der Waals surface area contributed by atoms with E-state index in [1.54, 1.807) is 6.92 Å². The van der Waals surface area contributed by atoms with Gasteiger partial charge in [0.2, 0.25) is 5.91 Å². The van der Waals surface area contributed by atoms with E-state index in [0.29, 0.717) is 18.8 Å². The van der Waals surface area contributed by atoms with Gasteiger partial charge in [-0.3, -0.25) is 4.79 Å². The van der Waals surface area contributed by atoms with Crippen molar-refractivity contribution in [3.05, 3.63) is 35.9 Å². The Morgan fingerprint density at radius 3 is 2.50 bits per heavy atom. The lowest BCUT2D eigenvalue weighted by Crippen LogP contribution is -2.47. The summed E-state index contributed by atoms with van der Waals surface area (Å²) in [6.45, 7) is 2.72. The smallest absolute Gasteiger partial charge is 0.273 e. The van der Waals surface area contributed by atoms with E-state index in [2.05, 4.69) is 4.72 Å². The van der Waals surface area contributed by atoms with Crippen molar-refractivity contribution < 1.29 is 13.2 Å². The van der Waals surface area contributed by atoms with Gasteiger partial charge >= 0.3 is 10.2 Å². The standard InChI is InChI=1S/C15H22N2O3S2/c1-13(21-12-14-8-4-2-5-9-14)15(18)16-22(19,20)17-10-6-3-7-11-17/h2,4-5,8-9,13H,3,6-7,10-12H2,1H3,(H,16,18). The van der Waals surface area contributed by atoms with E-state index in [4.69, 9.17) is 0 Å². The first kappa shape index (κ1) is 17.3. The highest BCUT2D eigenvalue weighted by atomic mass is 32.2. The second kappa shape index (κ2) is 7.99. The SMILES string of the molecule is CC(SCc1ccccc1)C(=O)NS(=O)(=O)N1CCCCC1. The summed E-state index contributed by atoms with van der Waals surface area (Å²) in [5, 5.41) is -0.417. The van der Waals surface area contributed by atoms with E-state index in [1.165, 1.54) is 16.1 Å². The molecule has 122 valence electrons. The molecule has 0 radical (unpaired) electrons. The molecule has 2 rings (SSSR count). The average Bonchev–Trinajstić information content (AvgIpc) is 2.54. The third-order valence-electron chi connectivity index (χ3n) is 3.60. The molecule has 1 N–H and O–H groups in total. The molecule has 0 aromatic heterocycles. The second-order valence-corrected chi connectivity index (χ2v) is 8.37. The predicted octanol–water partition coefficient (Wildman–Crippen LogP) is 2.16. The number of carbonyl (C=O) groups is 1. The molecular formula is C15H22N2O3S2. The third kappa shape index (κ3) is 5.00. The minimum atomic E-state index is -3.69. The number of hydrogen-bond acceptors (Lipinski definition) is 4. The monoisotopic (exact) mass is 342 g/mol. The van der Waals surface area contributed by atoms with Crippen LogP contribution >= 0.6 is 11.8 Å². The van der Waals surface area contributed by atoms with Gasteiger partial charge in [0.05, 0.1) is 5.25 Å². The summed E-state index contributed by atoms with van der Waals surface area (Å²) in [5.74, 6) is 0.227. The van der Waals surface area contributed by atoms with Gasteiger partial charge in [0.1, 0.15) is 0 Å². The molecule has 1 amide bonds. The molecule has 0 aliphatic carbocycles. The summed E-state index contributed by atoms with van der Waals surface area (Å²) in [4.78, 5) is 12.1. The molecule has 22 heavy (non-hydrogen) atoms. The predicted molar refractivity (Wildman–Crippen MR) is 89.7 cm³/mol. The van der Waals surface area contributed by atoms with Gasteiger partial charge in [0.25, 0.3) is 0 Å². The summed E-state index contributed by atoms with van der Waals surface area (Å²) in [6, 6.07) is 9.81. The van der Waals surface area contributed by atoms with E-state index in [-0.39, 0.29) is 0 Å². The maximum Gasteiger partial charge on any atom is 0.303 e. The molecule has 1 fully saturated rings. The Balaban J connectivity index is 1.85. The number of rotatable bonds is 6. The van der Waals surface area contributed by atoms with Crippen LogP contribution in [0.3, 0.4) is 0 Å². The second-order valence-electron chi connectivity index (χ2n) is 5.37. The van der Waals surface area contributed by atoms with Crippen LogP contribution in [-0.4, -0.2) is 37.0 Å². The summed E-state index contributed by atoms with van der Waals surface area (Å²) >= 11 is 1.43. The van der Waals surface area contributed by atoms with Crippen LogP contribution in [0.15, 0.2) is 30.3 Å². The highest BCUT2D eigenvalue weighted by molar-refractivity contribution is 8.00. The van der Waals surface area contributed by atoms with E-state index >= 15 is 0 Å². The lowest BCUT2D eigenvalue weighted by molar-refractivity contribution is -0.118. The van der Waals surface area contributed by atoms with E-state index in [1.807, 2.05) is 30.3 Å². The minimum absolute atomic E-state index is 0.417. The number of nitrogens with zero attached hydrogens (tertiary/aromatic N) is 1. The molecule has 1 atom stereocenters. The van der Waals surface area contributed by atoms with Crippen LogP contribution in [0.25, 0.3) is 0 Å². The molecule has 1 aliphatic rings. The van der Waals surface area contributed by atoms with Crippen LogP contribution in [0.1, 0.15) is 31.7 Å². The summed E-state index contributed by atoms with van der Waals surface area (Å²) < 4.78 is 27.9. The van der Waals surface area contributed by atoms with Crippen molar-refractivity contribution in [3.63, 3.8) is 0 Å². The number of piperidine rings is 1. The average molecular weight is 342 g/mol. The van der Waals surface area contributed by atoms with Gasteiger partial charge in [0, 0.05) is 18.8 Å². The molecule has 0 spiro atoms. The van der Waals surface area contributed by atoms with Gasteiger partial charge < -0.3 is 0 Å². The molecule has 1 saturated heterocycles. The van der Waals surface area contributed by atoms with Crippen LogP contribution in [0.5, 0.6) is 0 Å². The van der Waals surface area contributed by atoms with Gasteiger partial charge in [-0.25, -0.2) is 4.72 Å². The highest BCUT2D eigenvalue weighted by Crippen LogP contribution is 2.18. The summed E-state index contributed by atoms with van der Waals surface area (Å²) in [5.41, 5.74) is 1.12. The molecule has 0 bridgehead atoms. The van der Waals surface area contributed by atoms with Crippen LogP contribution in [-0.2, 0) is 20.8 Å². The van der Waals surface area contributed by atoms with Crippen molar-refractivity contribution in [3.8, 4) is 0 Å². The molecular weight excluding hydrogens is 320 g/mol. The molecule has 1 aromatic rings. The number of amides is 1. The lowest BCUT2D eigenvalue weighted by Gasteiger charge is -2.26. The Morgan fingerprint density at radius 2 is 1.86 bits per heavy atom. The first-order chi connectivity index (χ1) is 10.5. The fourth-order valence-electron chi connectivity index (χ4n) is 2.25. The van der Waals surface area contributed by atoms with Crippen molar-refractivity contribution in [1.29, 1.82) is 0 Å². The zero-order valence-corrected chi connectivity index (χ0v) is 14.3. The number of hydrogen-bond donors (Lipinski definition) is 1. The Morgan fingerprint density at radius 1 is 1.23 bits per heavy atom. The normalized spacial score (nSPS) is 17.9. The quantitative estimate of drug-likeness (QED) is 0.860. The molecule has 1 aromatic carbocycles. The number of carbonyl (C=O) groups excluding carboxylic acids is 1. The summed E-state index contributed by atoms with van der Waals surface area (Å²) in [6.07, 6.45) is 2.75. The lowest BCUT2D eigenvalue weighted by atomic mass is 10.2. The third-order valence-corrected chi connectivity index (χ3v) is 6.31. The van der Waals surface area contributed by atoms with Gasteiger partial charge in [-0.15, -0.1) is 11.8 Å². The Hall–Kier alpha value is -1.05. The van der Waals surface area contributed by atoms with Crippen LogP contribution < -0.4 is 4.72 Å². The van der Waals surface area contributed by atoms with Crippen molar-refractivity contribution >= 4 is 27.9 Å². The van der Waals surface area contributed by atoms with Gasteiger partial charge in [-0.2, -0.15) is 12.7 Å². The number of thioether (sulfide) groups is 1. The molecule has 1 unspecified atom stereocenters. The molecule has 0 saturated carbocycles. The molecule has 5 nitrogen and oxygen atoms in total. The number of benzene rings is 1. The summed E-state index contributed by atoms with van der Waals surface area (Å²) in [7, 11) is -3.69. The van der Waals surface area contributed by atoms with Crippen molar-refractivity contribution in [1.82, 2.24) is 9.03 Å². The van der Waals surface area contributed by atoms with Crippen molar-refractivity contribution in [2.45, 2.75) is 37.2 Å². The molecule has 1 heterocycles. The minimum Gasteiger partial charge on any atom is -0.273 e. The Labute approximate surface area is 136 Å². The largest absolute Gasteiger partial charge is 0.303 e. The Bertz CT molecular complexity index is 584. The fourth-order valence-corrected chi connectivity index (χ4v) is 4.47. The maximum atomic E-state index is 12.2. The first-order valence-electron chi connectivity index (χ1n) is 7.46. The van der Waals surface area contributed by atoms with Gasteiger partial charge in [-0.1, -0.05) is 36.8 Å². The van der Waals surface area contributed by atoms with Crippen LogP contribution in [0.2, 0.25) is 0 Å². The van der Waals surface area contributed by atoms with Crippen LogP contribution in [0, 0.1) is 0 Å². The van der Waals surface area contributed by atoms with E-state index in [0.717, 1.165) is 24.8 Å². The number of nitrogens with one attached hydrogen (secondary N) is 1.